The average molecular weight is 294 g/mol. The molecule has 4 nitrogen and oxygen atoms in total. The highest BCUT2D eigenvalue weighted by atomic mass is 32.2. The molecule has 0 bridgehead atoms. The van der Waals surface area contributed by atoms with Crippen molar-refractivity contribution in [1.29, 1.82) is 0 Å². The van der Waals surface area contributed by atoms with Crippen molar-refractivity contribution in [3.05, 3.63) is 35.9 Å². The highest BCUT2D eigenvalue weighted by Gasteiger charge is 2.40. The fourth-order valence-electron chi connectivity index (χ4n) is 3.38. The van der Waals surface area contributed by atoms with Gasteiger partial charge in [0.1, 0.15) is 0 Å². The summed E-state index contributed by atoms with van der Waals surface area (Å²) in [7, 11) is -3.14. The second-order valence-electron chi connectivity index (χ2n) is 5.79. The lowest BCUT2D eigenvalue weighted by atomic mass is 9.94. The first-order valence-electron chi connectivity index (χ1n) is 7.41. The Hall–Kier alpha value is -0.910. The molecule has 2 aliphatic rings. The maximum Gasteiger partial charge on any atom is 0.214 e. The molecule has 5 heteroatoms. The number of nitrogens with one attached hydrogen (secondary N) is 1. The van der Waals surface area contributed by atoms with Crippen molar-refractivity contribution < 1.29 is 8.42 Å². The lowest BCUT2D eigenvalue weighted by molar-refractivity contribution is 0.217. The summed E-state index contributed by atoms with van der Waals surface area (Å²) in [4.78, 5) is 0. The van der Waals surface area contributed by atoms with Crippen molar-refractivity contribution in [3.8, 4) is 0 Å². The summed E-state index contributed by atoms with van der Waals surface area (Å²) in [5.41, 5.74) is 1.09. The van der Waals surface area contributed by atoms with Crippen LogP contribution in [0.2, 0.25) is 0 Å². The van der Waals surface area contributed by atoms with E-state index in [2.05, 4.69) is 5.32 Å². The van der Waals surface area contributed by atoms with Gasteiger partial charge in [0.15, 0.2) is 0 Å². The zero-order valence-corrected chi connectivity index (χ0v) is 12.5. The van der Waals surface area contributed by atoms with Gasteiger partial charge in [-0.25, -0.2) is 8.42 Å². The number of aryl methyl sites for hydroxylation is 1. The molecular weight excluding hydrogens is 272 g/mol. The molecule has 0 radical (unpaired) electrons. The molecule has 3 rings (SSSR count). The van der Waals surface area contributed by atoms with Crippen LogP contribution in [-0.2, 0) is 16.4 Å². The summed E-state index contributed by atoms with van der Waals surface area (Å²) >= 11 is 0. The van der Waals surface area contributed by atoms with Crippen LogP contribution in [0.1, 0.15) is 18.4 Å². The molecular formula is C15H22N2O2S. The Balaban J connectivity index is 1.68. The van der Waals surface area contributed by atoms with Gasteiger partial charge in [0, 0.05) is 19.1 Å². The lowest BCUT2D eigenvalue weighted by Crippen LogP contribution is -2.49. The summed E-state index contributed by atoms with van der Waals surface area (Å²) in [5.74, 6) is 0.732. The van der Waals surface area contributed by atoms with Crippen LogP contribution in [0.15, 0.2) is 30.3 Å². The Bertz CT molecular complexity index is 544. The number of hydrogen-bond donors (Lipinski definition) is 1. The standard InChI is InChI=1S/C15H22N2O2S/c18-20(19,10-8-13-5-2-1-3-6-13)17-9-4-7-14-11-16-12-15(14)17/h1-3,5-6,14-16H,4,7-12H2. The van der Waals surface area contributed by atoms with Crippen LogP contribution in [0, 0.1) is 5.92 Å². The third-order valence-electron chi connectivity index (χ3n) is 4.48. The van der Waals surface area contributed by atoms with E-state index in [0.29, 0.717) is 18.9 Å². The molecule has 0 amide bonds. The van der Waals surface area contributed by atoms with E-state index in [-0.39, 0.29) is 11.8 Å². The van der Waals surface area contributed by atoms with E-state index in [1.807, 2.05) is 30.3 Å². The van der Waals surface area contributed by atoms with Gasteiger partial charge in [-0.2, -0.15) is 4.31 Å². The smallest absolute Gasteiger partial charge is 0.214 e. The molecule has 20 heavy (non-hydrogen) atoms. The minimum absolute atomic E-state index is 0.185. The minimum atomic E-state index is -3.14. The fraction of sp³-hybridized carbons (Fsp3) is 0.600. The van der Waals surface area contributed by atoms with E-state index in [4.69, 9.17) is 0 Å². The quantitative estimate of drug-likeness (QED) is 0.909. The monoisotopic (exact) mass is 294 g/mol. The van der Waals surface area contributed by atoms with Gasteiger partial charge < -0.3 is 5.32 Å². The largest absolute Gasteiger partial charge is 0.315 e. The van der Waals surface area contributed by atoms with E-state index < -0.39 is 10.0 Å². The van der Waals surface area contributed by atoms with Crippen LogP contribution in [0.25, 0.3) is 0 Å². The Morgan fingerprint density at radius 2 is 2.00 bits per heavy atom. The fourth-order valence-corrected chi connectivity index (χ4v) is 5.17. The first-order chi connectivity index (χ1) is 9.67. The lowest BCUT2D eigenvalue weighted by Gasteiger charge is -2.36. The van der Waals surface area contributed by atoms with E-state index >= 15 is 0 Å². The molecule has 0 spiro atoms. The second-order valence-corrected chi connectivity index (χ2v) is 7.83. The van der Waals surface area contributed by atoms with Gasteiger partial charge >= 0.3 is 0 Å². The zero-order chi connectivity index (χ0) is 14.0. The highest BCUT2D eigenvalue weighted by molar-refractivity contribution is 7.89. The molecule has 1 aromatic rings. The van der Waals surface area contributed by atoms with E-state index in [0.717, 1.165) is 31.5 Å². The number of fused-ring (bicyclic) bond motifs is 1. The van der Waals surface area contributed by atoms with Crippen molar-refractivity contribution in [3.63, 3.8) is 0 Å². The predicted molar refractivity (Wildman–Crippen MR) is 80.0 cm³/mol. The summed E-state index contributed by atoms with van der Waals surface area (Å²) in [6.45, 7) is 2.48. The number of sulfonamides is 1. The van der Waals surface area contributed by atoms with Crippen molar-refractivity contribution >= 4 is 10.0 Å². The Kier molecular flexibility index (Phi) is 4.10. The molecule has 1 aromatic carbocycles. The van der Waals surface area contributed by atoms with Crippen LogP contribution >= 0.6 is 0 Å². The molecule has 2 aliphatic heterocycles. The number of hydrogen-bond acceptors (Lipinski definition) is 3. The van der Waals surface area contributed by atoms with E-state index in [1.54, 1.807) is 4.31 Å². The molecule has 1 N–H and O–H groups in total. The Labute approximate surface area is 121 Å². The number of piperidine rings is 1. The molecule has 2 atom stereocenters. The summed E-state index contributed by atoms with van der Waals surface area (Å²) in [6.07, 6.45) is 2.75. The minimum Gasteiger partial charge on any atom is -0.315 e. The SMILES string of the molecule is O=S(=O)(CCc1ccccc1)N1CCCC2CNCC21. The third kappa shape index (κ3) is 2.90. The van der Waals surface area contributed by atoms with Crippen LogP contribution in [0.3, 0.4) is 0 Å². The van der Waals surface area contributed by atoms with Gasteiger partial charge in [-0.05, 0) is 37.3 Å². The van der Waals surface area contributed by atoms with Gasteiger partial charge in [0.05, 0.1) is 5.75 Å². The normalized spacial score (nSPS) is 27.4. The van der Waals surface area contributed by atoms with Crippen LogP contribution in [0.4, 0.5) is 0 Å². The summed E-state index contributed by atoms with van der Waals surface area (Å²) in [5, 5.41) is 3.33. The van der Waals surface area contributed by atoms with Crippen molar-refractivity contribution in [2.75, 3.05) is 25.4 Å². The Morgan fingerprint density at radius 3 is 2.80 bits per heavy atom. The first-order valence-corrected chi connectivity index (χ1v) is 9.02. The van der Waals surface area contributed by atoms with Crippen molar-refractivity contribution in [2.24, 2.45) is 5.92 Å². The molecule has 0 aliphatic carbocycles. The number of nitrogens with zero attached hydrogens (tertiary/aromatic N) is 1. The van der Waals surface area contributed by atoms with E-state index in [1.165, 1.54) is 0 Å². The molecule has 0 aromatic heterocycles. The van der Waals surface area contributed by atoms with Crippen LogP contribution in [0.5, 0.6) is 0 Å². The van der Waals surface area contributed by atoms with Gasteiger partial charge in [-0.15, -0.1) is 0 Å². The van der Waals surface area contributed by atoms with Gasteiger partial charge in [-0.1, -0.05) is 30.3 Å². The van der Waals surface area contributed by atoms with Crippen LogP contribution < -0.4 is 5.32 Å². The average Bonchev–Trinajstić information content (AvgIpc) is 2.94. The third-order valence-corrected chi connectivity index (χ3v) is 6.36. The molecule has 0 saturated carbocycles. The molecule has 2 heterocycles. The molecule has 2 unspecified atom stereocenters. The number of rotatable bonds is 4. The molecule has 2 fully saturated rings. The highest BCUT2D eigenvalue weighted by Crippen LogP contribution is 2.28. The molecule has 2 saturated heterocycles. The Morgan fingerprint density at radius 1 is 1.20 bits per heavy atom. The van der Waals surface area contributed by atoms with E-state index in [9.17, 15) is 8.42 Å². The van der Waals surface area contributed by atoms with Crippen molar-refractivity contribution in [2.45, 2.75) is 25.3 Å². The predicted octanol–water partition coefficient (Wildman–Crippen LogP) is 1.24. The maximum atomic E-state index is 12.6. The van der Waals surface area contributed by atoms with Gasteiger partial charge in [-0.3, -0.25) is 0 Å². The topological polar surface area (TPSA) is 49.4 Å². The van der Waals surface area contributed by atoms with Crippen molar-refractivity contribution in [1.82, 2.24) is 9.62 Å². The zero-order valence-electron chi connectivity index (χ0n) is 11.7. The first kappa shape index (κ1) is 14.0. The number of benzene rings is 1. The second kappa shape index (κ2) is 5.84. The van der Waals surface area contributed by atoms with Crippen LogP contribution in [-0.4, -0.2) is 44.2 Å². The summed E-state index contributed by atoms with van der Waals surface area (Å²) < 4.78 is 27.0. The van der Waals surface area contributed by atoms with Gasteiger partial charge in [0.25, 0.3) is 0 Å². The van der Waals surface area contributed by atoms with Gasteiger partial charge in [0.2, 0.25) is 10.0 Å². The molecule has 110 valence electrons. The summed E-state index contributed by atoms with van der Waals surface area (Å²) in [6, 6.07) is 10.0. The maximum absolute atomic E-state index is 12.6.